The molecule has 0 unspecified atom stereocenters. The summed E-state index contributed by atoms with van der Waals surface area (Å²) in [6.45, 7) is 5.61. The molecule has 8 nitrogen and oxygen atoms in total. The van der Waals surface area contributed by atoms with Crippen LogP contribution in [0.2, 0.25) is 0 Å². The highest BCUT2D eigenvalue weighted by atomic mass is 16.5. The number of ether oxygens (including phenoxy) is 3. The normalized spacial score (nSPS) is 17.9. The average Bonchev–Trinajstić information content (AvgIpc) is 2.92. The minimum Gasteiger partial charge on any atom is -0.496 e. The Morgan fingerprint density at radius 3 is 2.44 bits per heavy atom. The van der Waals surface area contributed by atoms with Gasteiger partial charge in [-0.3, -0.25) is 9.78 Å². The van der Waals surface area contributed by atoms with Crippen LogP contribution in [0.5, 0.6) is 17.2 Å². The summed E-state index contributed by atoms with van der Waals surface area (Å²) in [6.07, 6.45) is 9.84. The molecule has 0 aliphatic carbocycles. The van der Waals surface area contributed by atoms with Gasteiger partial charge in [0.2, 0.25) is 0 Å². The van der Waals surface area contributed by atoms with Crippen molar-refractivity contribution in [3.8, 4) is 28.4 Å². The molecule has 192 valence electrons. The SMILES string of the molecule is COc1cc(-c2cn(C)c(=O)c3cnccc23)c(OC)cc1OC1CCN(CC2CCNCC2)CC1. The maximum atomic E-state index is 12.6. The number of hydrogen-bond donors (Lipinski definition) is 1. The van der Waals surface area contributed by atoms with Gasteiger partial charge in [-0.25, -0.2) is 0 Å². The van der Waals surface area contributed by atoms with E-state index >= 15 is 0 Å². The maximum Gasteiger partial charge on any atom is 0.259 e. The van der Waals surface area contributed by atoms with Crippen molar-refractivity contribution in [1.29, 1.82) is 0 Å². The Labute approximate surface area is 212 Å². The smallest absolute Gasteiger partial charge is 0.259 e. The van der Waals surface area contributed by atoms with Crippen molar-refractivity contribution < 1.29 is 14.2 Å². The first-order valence-electron chi connectivity index (χ1n) is 12.9. The Bertz CT molecular complexity index is 1260. The number of aromatic nitrogens is 2. The van der Waals surface area contributed by atoms with Gasteiger partial charge in [0, 0.05) is 62.5 Å². The van der Waals surface area contributed by atoms with E-state index in [-0.39, 0.29) is 11.7 Å². The van der Waals surface area contributed by atoms with E-state index in [1.165, 1.54) is 19.4 Å². The molecule has 2 saturated heterocycles. The summed E-state index contributed by atoms with van der Waals surface area (Å²) in [4.78, 5) is 19.4. The van der Waals surface area contributed by atoms with Crippen LogP contribution in [0.4, 0.5) is 0 Å². The van der Waals surface area contributed by atoms with Gasteiger partial charge in [0.1, 0.15) is 11.9 Å². The lowest BCUT2D eigenvalue weighted by atomic mass is 9.96. The van der Waals surface area contributed by atoms with Crippen molar-refractivity contribution in [2.45, 2.75) is 31.8 Å². The number of piperidine rings is 2. The number of hydrogen-bond acceptors (Lipinski definition) is 7. The molecule has 2 aliphatic rings. The van der Waals surface area contributed by atoms with Crippen molar-refractivity contribution in [3.63, 3.8) is 0 Å². The van der Waals surface area contributed by atoms with E-state index in [0.717, 1.165) is 61.5 Å². The largest absolute Gasteiger partial charge is 0.496 e. The Morgan fingerprint density at radius 1 is 0.972 bits per heavy atom. The molecule has 2 aromatic heterocycles. The number of likely N-dealkylation sites (tertiary alicyclic amines) is 1. The fourth-order valence-corrected chi connectivity index (χ4v) is 5.52. The summed E-state index contributed by atoms with van der Waals surface area (Å²) in [6, 6.07) is 5.72. The van der Waals surface area contributed by atoms with Gasteiger partial charge in [-0.05, 0) is 62.2 Å². The van der Waals surface area contributed by atoms with Crippen molar-refractivity contribution in [1.82, 2.24) is 19.8 Å². The van der Waals surface area contributed by atoms with Crippen molar-refractivity contribution in [2.75, 3.05) is 46.9 Å². The highest BCUT2D eigenvalue weighted by molar-refractivity contribution is 5.97. The topological polar surface area (TPSA) is 77.9 Å². The summed E-state index contributed by atoms with van der Waals surface area (Å²) < 4.78 is 19.6. The number of pyridine rings is 2. The van der Waals surface area contributed by atoms with E-state index in [1.807, 2.05) is 24.4 Å². The zero-order valence-electron chi connectivity index (χ0n) is 21.5. The molecule has 4 heterocycles. The summed E-state index contributed by atoms with van der Waals surface area (Å²) in [7, 11) is 5.06. The first-order chi connectivity index (χ1) is 17.6. The van der Waals surface area contributed by atoms with Gasteiger partial charge in [0.25, 0.3) is 5.56 Å². The fraction of sp³-hybridized carbons (Fsp3) is 0.500. The average molecular weight is 493 g/mol. The Kier molecular flexibility index (Phi) is 7.43. The van der Waals surface area contributed by atoms with Crippen molar-refractivity contribution in [2.24, 2.45) is 13.0 Å². The zero-order chi connectivity index (χ0) is 25.1. The molecule has 0 radical (unpaired) electrons. The standard InChI is InChI=1S/C28H36N4O4/c1-31-18-24(21-6-11-30-16-23(21)28(31)33)22-14-26(35-3)27(15-25(22)34-2)36-20-7-12-32(13-8-20)17-19-4-9-29-10-5-19/h6,11,14-16,18-20,29H,4-5,7-10,12-13,17H2,1-3H3. The number of aryl methyl sites for hydroxylation is 1. The van der Waals surface area contributed by atoms with Crippen LogP contribution in [0, 0.1) is 5.92 Å². The molecule has 0 spiro atoms. The molecule has 1 aromatic carbocycles. The second-order valence-corrected chi connectivity index (χ2v) is 9.89. The van der Waals surface area contributed by atoms with E-state index in [1.54, 1.807) is 38.2 Å². The van der Waals surface area contributed by atoms with Crippen LogP contribution in [-0.2, 0) is 7.05 Å². The molecule has 2 fully saturated rings. The number of nitrogens with one attached hydrogen (secondary N) is 1. The van der Waals surface area contributed by atoms with E-state index in [4.69, 9.17) is 14.2 Å². The highest BCUT2D eigenvalue weighted by Crippen LogP contribution is 2.42. The molecular formula is C28H36N4O4. The minimum atomic E-state index is -0.0840. The summed E-state index contributed by atoms with van der Waals surface area (Å²) in [5, 5.41) is 4.84. The Hall–Kier alpha value is -3.10. The lowest BCUT2D eigenvalue weighted by Gasteiger charge is -2.35. The first-order valence-corrected chi connectivity index (χ1v) is 12.9. The molecule has 36 heavy (non-hydrogen) atoms. The molecule has 8 heteroatoms. The summed E-state index contributed by atoms with van der Waals surface area (Å²) >= 11 is 0. The van der Waals surface area contributed by atoms with Gasteiger partial charge < -0.3 is 29.0 Å². The molecule has 1 N–H and O–H groups in total. The van der Waals surface area contributed by atoms with E-state index in [0.29, 0.717) is 22.6 Å². The predicted octanol–water partition coefficient (Wildman–Crippen LogP) is 3.46. The first kappa shape index (κ1) is 24.6. The van der Waals surface area contributed by atoms with Crippen LogP contribution in [0.25, 0.3) is 21.9 Å². The van der Waals surface area contributed by atoms with Crippen LogP contribution in [0.1, 0.15) is 25.7 Å². The molecule has 5 rings (SSSR count). The lowest BCUT2D eigenvalue weighted by Crippen LogP contribution is -2.42. The summed E-state index contributed by atoms with van der Waals surface area (Å²) in [5.41, 5.74) is 1.63. The van der Waals surface area contributed by atoms with Gasteiger partial charge in [0.05, 0.1) is 19.6 Å². The summed E-state index contributed by atoms with van der Waals surface area (Å²) in [5.74, 6) is 2.82. The molecule has 2 aliphatic heterocycles. The quantitative estimate of drug-likeness (QED) is 0.541. The minimum absolute atomic E-state index is 0.0840. The van der Waals surface area contributed by atoms with Crippen molar-refractivity contribution >= 4 is 10.8 Å². The predicted molar refractivity (Wildman–Crippen MR) is 141 cm³/mol. The number of nitrogens with zero attached hydrogens (tertiary/aromatic N) is 3. The second-order valence-electron chi connectivity index (χ2n) is 9.89. The lowest BCUT2D eigenvalue weighted by molar-refractivity contribution is 0.0851. The fourth-order valence-electron chi connectivity index (χ4n) is 5.52. The third kappa shape index (κ3) is 5.06. The van der Waals surface area contributed by atoms with Crippen LogP contribution in [0.3, 0.4) is 0 Å². The van der Waals surface area contributed by atoms with E-state index < -0.39 is 0 Å². The van der Waals surface area contributed by atoms with Crippen LogP contribution in [0.15, 0.2) is 41.6 Å². The molecule has 0 bridgehead atoms. The van der Waals surface area contributed by atoms with E-state index in [9.17, 15) is 4.79 Å². The van der Waals surface area contributed by atoms with Crippen molar-refractivity contribution in [3.05, 3.63) is 47.1 Å². The number of rotatable bonds is 7. The third-order valence-electron chi connectivity index (χ3n) is 7.56. The van der Waals surface area contributed by atoms with Gasteiger partial charge >= 0.3 is 0 Å². The van der Waals surface area contributed by atoms with Crippen LogP contribution >= 0.6 is 0 Å². The van der Waals surface area contributed by atoms with Gasteiger partial charge in [-0.1, -0.05) is 0 Å². The molecule has 0 saturated carbocycles. The number of methoxy groups -OCH3 is 2. The van der Waals surface area contributed by atoms with Crippen LogP contribution < -0.4 is 25.1 Å². The maximum absolute atomic E-state index is 12.6. The van der Waals surface area contributed by atoms with Gasteiger partial charge in [0.15, 0.2) is 11.5 Å². The Morgan fingerprint density at radius 2 is 1.72 bits per heavy atom. The third-order valence-corrected chi connectivity index (χ3v) is 7.56. The second kappa shape index (κ2) is 10.9. The van der Waals surface area contributed by atoms with Gasteiger partial charge in [-0.2, -0.15) is 0 Å². The van der Waals surface area contributed by atoms with E-state index in [2.05, 4.69) is 15.2 Å². The number of fused-ring (bicyclic) bond motifs is 1. The van der Waals surface area contributed by atoms with Crippen LogP contribution in [-0.4, -0.2) is 67.5 Å². The number of benzene rings is 1. The molecule has 3 aromatic rings. The molecule has 0 amide bonds. The monoisotopic (exact) mass is 492 g/mol. The molecular weight excluding hydrogens is 456 g/mol. The van der Waals surface area contributed by atoms with Gasteiger partial charge in [-0.15, -0.1) is 0 Å². The molecule has 0 atom stereocenters. The highest BCUT2D eigenvalue weighted by Gasteiger charge is 2.25. The zero-order valence-corrected chi connectivity index (χ0v) is 21.5. The Balaban J connectivity index is 1.37.